The van der Waals surface area contributed by atoms with E-state index in [0.29, 0.717) is 0 Å². The molecule has 0 spiro atoms. The molecule has 2 unspecified atom stereocenters. The molecule has 18 heavy (non-hydrogen) atoms. The Morgan fingerprint density at radius 2 is 1.89 bits per heavy atom. The van der Waals surface area contributed by atoms with Gasteiger partial charge in [-0.15, -0.1) is 0 Å². The summed E-state index contributed by atoms with van der Waals surface area (Å²) in [6.07, 6.45) is 2.80. The minimum Gasteiger partial charge on any atom is -0.481 e. The van der Waals surface area contributed by atoms with Crippen LogP contribution in [0.2, 0.25) is 0 Å². The van der Waals surface area contributed by atoms with Gasteiger partial charge in [-0.1, -0.05) is 20.8 Å². The van der Waals surface area contributed by atoms with Crippen molar-refractivity contribution < 1.29 is 14.7 Å². The number of thioether (sulfide) groups is 1. The number of amides is 2. The van der Waals surface area contributed by atoms with Crippen molar-refractivity contribution in [3.8, 4) is 0 Å². The summed E-state index contributed by atoms with van der Waals surface area (Å²) in [7, 11) is 0. The lowest BCUT2D eigenvalue weighted by Crippen LogP contribution is -2.49. The fraction of sp³-hybridized carbons (Fsp3) is 0.833. The Hall–Kier alpha value is -0.910. The first-order chi connectivity index (χ1) is 8.40. The van der Waals surface area contributed by atoms with Gasteiger partial charge in [-0.25, -0.2) is 4.79 Å². The molecule has 0 aliphatic rings. The second-order valence-electron chi connectivity index (χ2n) is 4.63. The molecule has 0 aliphatic heterocycles. The lowest BCUT2D eigenvalue weighted by Gasteiger charge is -2.23. The fourth-order valence-corrected chi connectivity index (χ4v) is 2.22. The van der Waals surface area contributed by atoms with Crippen LogP contribution in [0.3, 0.4) is 0 Å². The normalized spacial score (nSPS) is 14.1. The third-order valence-corrected chi connectivity index (χ3v) is 3.45. The molecular formula is C12H24N2O3S. The second kappa shape index (κ2) is 9.08. The summed E-state index contributed by atoms with van der Waals surface area (Å²) < 4.78 is 0. The highest BCUT2D eigenvalue weighted by atomic mass is 32.2. The molecule has 106 valence electrons. The summed E-state index contributed by atoms with van der Waals surface area (Å²) in [4.78, 5) is 22.5. The molecule has 0 radical (unpaired) electrons. The van der Waals surface area contributed by atoms with Crippen LogP contribution in [0.5, 0.6) is 0 Å². The van der Waals surface area contributed by atoms with E-state index in [9.17, 15) is 9.59 Å². The van der Waals surface area contributed by atoms with Gasteiger partial charge in [-0.2, -0.15) is 11.8 Å². The van der Waals surface area contributed by atoms with Crippen molar-refractivity contribution in [2.75, 3.05) is 12.0 Å². The first-order valence-electron chi connectivity index (χ1n) is 6.18. The van der Waals surface area contributed by atoms with Crippen molar-refractivity contribution in [2.24, 2.45) is 5.92 Å². The molecule has 0 saturated carbocycles. The molecule has 2 atom stereocenters. The fourth-order valence-electron chi connectivity index (χ4n) is 1.50. The number of carbonyl (C=O) groups excluding carboxylic acids is 1. The van der Waals surface area contributed by atoms with Crippen LogP contribution in [0.1, 0.15) is 33.6 Å². The maximum atomic E-state index is 11.8. The van der Waals surface area contributed by atoms with E-state index in [1.165, 1.54) is 0 Å². The number of hydrogen-bond donors (Lipinski definition) is 3. The van der Waals surface area contributed by atoms with Gasteiger partial charge in [-0.3, -0.25) is 4.79 Å². The summed E-state index contributed by atoms with van der Waals surface area (Å²) in [5.41, 5.74) is 0. The zero-order valence-corrected chi connectivity index (χ0v) is 12.3. The Bertz CT molecular complexity index is 272. The molecule has 0 saturated heterocycles. The van der Waals surface area contributed by atoms with E-state index < -0.39 is 5.97 Å². The van der Waals surface area contributed by atoms with Crippen molar-refractivity contribution in [2.45, 2.75) is 45.7 Å². The molecule has 2 amide bonds. The molecule has 5 nitrogen and oxygen atoms in total. The van der Waals surface area contributed by atoms with Crippen molar-refractivity contribution in [3.05, 3.63) is 0 Å². The third-order valence-electron chi connectivity index (χ3n) is 2.71. The highest BCUT2D eigenvalue weighted by Crippen LogP contribution is 2.06. The molecule has 0 aromatic rings. The number of nitrogens with one attached hydrogen (secondary N) is 2. The van der Waals surface area contributed by atoms with E-state index in [0.717, 1.165) is 12.2 Å². The number of urea groups is 1. The molecule has 0 bridgehead atoms. The lowest BCUT2D eigenvalue weighted by molar-refractivity contribution is -0.137. The van der Waals surface area contributed by atoms with Gasteiger partial charge in [0, 0.05) is 17.8 Å². The number of carbonyl (C=O) groups is 2. The van der Waals surface area contributed by atoms with Crippen LogP contribution in [0, 0.1) is 5.92 Å². The van der Waals surface area contributed by atoms with Crippen molar-refractivity contribution in [1.29, 1.82) is 0 Å². The largest absolute Gasteiger partial charge is 0.481 e. The van der Waals surface area contributed by atoms with E-state index in [2.05, 4.69) is 10.6 Å². The average Bonchev–Trinajstić information content (AvgIpc) is 2.26. The van der Waals surface area contributed by atoms with Gasteiger partial charge in [0.1, 0.15) is 0 Å². The van der Waals surface area contributed by atoms with E-state index in [1.807, 2.05) is 27.0 Å². The average molecular weight is 276 g/mol. The van der Waals surface area contributed by atoms with E-state index in [1.54, 1.807) is 11.8 Å². The van der Waals surface area contributed by atoms with Crippen LogP contribution < -0.4 is 10.6 Å². The zero-order chi connectivity index (χ0) is 14.1. The second-order valence-corrected chi connectivity index (χ2v) is 5.54. The first-order valence-corrected chi connectivity index (χ1v) is 7.57. The molecule has 0 aromatic heterocycles. The Morgan fingerprint density at radius 3 is 2.28 bits per heavy atom. The van der Waals surface area contributed by atoms with Gasteiger partial charge in [0.2, 0.25) is 0 Å². The Labute approximate surface area is 113 Å². The molecule has 0 aromatic carbocycles. The summed E-state index contributed by atoms with van der Waals surface area (Å²) in [6, 6.07) is -0.497. The number of carboxylic acids is 1. The van der Waals surface area contributed by atoms with Gasteiger partial charge in [0.25, 0.3) is 0 Å². The molecule has 0 rings (SSSR count). The topological polar surface area (TPSA) is 78.4 Å². The predicted octanol–water partition coefficient (Wildman–Crippen LogP) is 1.93. The highest BCUT2D eigenvalue weighted by Gasteiger charge is 2.20. The number of hydrogen-bond acceptors (Lipinski definition) is 3. The third kappa shape index (κ3) is 7.42. The summed E-state index contributed by atoms with van der Waals surface area (Å²) in [5, 5.41) is 14.4. The van der Waals surface area contributed by atoms with Crippen LogP contribution in [-0.2, 0) is 4.79 Å². The quantitative estimate of drug-likeness (QED) is 0.633. The van der Waals surface area contributed by atoms with Crippen LogP contribution in [0.25, 0.3) is 0 Å². The van der Waals surface area contributed by atoms with Crippen molar-refractivity contribution in [3.63, 3.8) is 0 Å². The molecule has 0 heterocycles. The highest BCUT2D eigenvalue weighted by molar-refractivity contribution is 7.98. The first kappa shape index (κ1) is 17.1. The smallest absolute Gasteiger partial charge is 0.315 e. The van der Waals surface area contributed by atoms with E-state index >= 15 is 0 Å². The molecule has 0 fully saturated rings. The standard InChI is InChI=1S/C12H24N2O3S/c1-5-9(7-18-4)13-12(17)14-10(8(2)3)6-11(15)16/h8-10H,5-7H2,1-4H3,(H,15,16)(H2,13,14,17). The molecule has 0 aliphatic carbocycles. The van der Waals surface area contributed by atoms with Gasteiger partial charge in [0.05, 0.1) is 6.42 Å². The molecule has 6 heteroatoms. The zero-order valence-electron chi connectivity index (χ0n) is 11.5. The van der Waals surface area contributed by atoms with Crippen LogP contribution in [0.4, 0.5) is 4.79 Å². The minimum absolute atomic E-state index is 0.0512. The maximum absolute atomic E-state index is 11.8. The SMILES string of the molecule is CCC(CSC)NC(=O)NC(CC(=O)O)C(C)C. The minimum atomic E-state index is -0.898. The number of carboxylic acid groups (broad SMARTS) is 1. The monoisotopic (exact) mass is 276 g/mol. The van der Waals surface area contributed by atoms with Gasteiger partial charge in [-0.05, 0) is 18.6 Å². The predicted molar refractivity (Wildman–Crippen MR) is 75.0 cm³/mol. The Kier molecular flexibility index (Phi) is 8.62. The van der Waals surface area contributed by atoms with Gasteiger partial charge < -0.3 is 15.7 Å². The van der Waals surface area contributed by atoms with Crippen molar-refractivity contribution in [1.82, 2.24) is 10.6 Å². The number of rotatable bonds is 8. The van der Waals surface area contributed by atoms with Crippen LogP contribution >= 0.6 is 11.8 Å². The van der Waals surface area contributed by atoms with Crippen LogP contribution in [0.15, 0.2) is 0 Å². The molecular weight excluding hydrogens is 252 g/mol. The molecule has 3 N–H and O–H groups in total. The lowest BCUT2D eigenvalue weighted by atomic mass is 10.0. The summed E-state index contributed by atoms with van der Waals surface area (Å²) >= 11 is 1.68. The summed E-state index contributed by atoms with van der Waals surface area (Å²) in [5.74, 6) is 0.0486. The number of aliphatic carboxylic acids is 1. The van der Waals surface area contributed by atoms with Gasteiger partial charge in [0.15, 0.2) is 0 Å². The Morgan fingerprint density at radius 1 is 1.28 bits per heavy atom. The van der Waals surface area contributed by atoms with E-state index in [-0.39, 0.29) is 30.5 Å². The Balaban J connectivity index is 4.28. The van der Waals surface area contributed by atoms with Gasteiger partial charge >= 0.3 is 12.0 Å². The van der Waals surface area contributed by atoms with Crippen molar-refractivity contribution >= 4 is 23.8 Å². The van der Waals surface area contributed by atoms with Crippen LogP contribution in [-0.4, -0.2) is 41.2 Å². The maximum Gasteiger partial charge on any atom is 0.315 e. The van der Waals surface area contributed by atoms with E-state index in [4.69, 9.17) is 5.11 Å². The summed E-state index contributed by atoms with van der Waals surface area (Å²) in [6.45, 7) is 5.80.